The number of hydrogen-bond acceptors (Lipinski definition) is 4. The first-order chi connectivity index (χ1) is 10.2. The smallest absolute Gasteiger partial charge is 0.222 e. The van der Waals surface area contributed by atoms with Crippen LogP contribution in [0, 0.1) is 6.92 Å². The van der Waals surface area contributed by atoms with Gasteiger partial charge in [0.2, 0.25) is 5.91 Å². The van der Waals surface area contributed by atoms with E-state index in [-0.39, 0.29) is 5.91 Å². The molecular formula is C15H16N4OS. The Morgan fingerprint density at radius 2 is 2.24 bits per heavy atom. The van der Waals surface area contributed by atoms with E-state index in [0.29, 0.717) is 19.5 Å². The number of carbonyl (C=O) groups is 1. The number of aromatic nitrogens is 3. The molecule has 0 aliphatic carbocycles. The molecule has 5 nitrogen and oxygen atoms in total. The maximum atomic E-state index is 11.9. The van der Waals surface area contributed by atoms with Crippen LogP contribution < -0.4 is 5.32 Å². The summed E-state index contributed by atoms with van der Waals surface area (Å²) in [6.45, 7) is 3.03. The van der Waals surface area contributed by atoms with Gasteiger partial charge in [0, 0.05) is 17.2 Å². The van der Waals surface area contributed by atoms with Crippen molar-refractivity contribution in [1.82, 2.24) is 20.1 Å². The predicted molar refractivity (Wildman–Crippen MR) is 83.0 cm³/mol. The molecule has 1 amide bonds. The number of aryl methyl sites for hydroxylation is 2. The van der Waals surface area contributed by atoms with E-state index in [9.17, 15) is 4.79 Å². The molecule has 2 aromatic heterocycles. The quantitative estimate of drug-likeness (QED) is 0.787. The molecule has 0 atom stereocenters. The highest BCUT2D eigenvalue weighted by Crippen LogP contribution is 2.13. The molecule has 0 saturated heterocycles. The number of para-hydroxylation sites is 1. The zero-order valence-corrected chi connectivity index (χ0v) is 12.6. The van der Waals surface area contributed by atoms with Crippen molar-refractivity contribution in [2.45, 2.75) is 26.4 Å². The molecule has 0 saturated carbocycles. The molecule has 0 unspecified atom stereocenters. The van der Waals surface area contributed by atoms with Crippen molar-refractivity contribution in [2.24, 2.45) is 0 Å². The van der Waals surface area contributed by atoms with E-state index < -0.39 is 0 Å². The van der Waals surface area contributed by atoms with Crippen LogP contribution in [0.3, 0.4) is 0 Å². The monoisotopic (exact) mass is 300 g/mol. The zero-order valence-electron chi connectivity index (χ0n) is 11.7. The van der Waals surface area contributed by atoms with Crippen LogP contribution in [-0.2, 0) is 17.9 Å². The molecule has 1 aromatic carbocycles. The van der Waals surface area contributed by atoms with Gasteiger partial charge in [-0.2, -0.15) is 5.10 Å². The fourth-order valence-electron chi connectivity index (χ4n) is 2.18. The average molecular weight is 300 g/mol. The van der Waals surface area contributed by atoms with Gasteiger partial charge in [-0.05, 0) is 13.0 Å². The Labute approximate surface area is 126 Å². The Balaban J connectivity index is 1.54. The van der Waals surface area contributed by atoms with Gasteiger partial charge >= 0.3 is 0 Å². The SMILES string of the molecule is Cc1nc(CNC(=O)CCn2ncc3ccccc32)cs1. The Kier molecular flexibility index (Phi) is 3.96. The molecule has 0 bridgehead atoms. The third kappa shape index (κ3) is 3.28. The topological polar surface area (TPSA) is 59.8 Å². The van der Waals surface area contributed by atoms with Gasteiger partial charge < -0.3 is 5.32 Å². The molecule has 3 aromatic rings. The third-order valence-corrected chi connectivity index (χ3v) is 4.06. The second kappa shape index (κ2) is 6.05. The van der Waals surface area contributed by atoms with Crippen molar-refractivity contribution < 1.29 is 4.79 Å². The first-order valence-corrected chi connectivity index (χ1v) is 7.68. The second-order valence-corrected chi connectivity index (χ2v) is 5.87. The van der Waals surface area contributed by atoms with Crippen molar-refractivity contribution in [1.29, 1.82) is 0 Å². The lowest BCUT2D eigenvalue weighted by atomic mass is 10.2. The van der Waals surface area contributed by atoms with Crippen molar-refractivity contribution in [3.8, 4) is 0 Å². The number of nitrogens with one attached hydrogen (secondary N) is 1. The highest BCUT2D eigenvalue weighted by Gasteiger charge is 2.06. The van der Waals surface area contributed by atoms with Crippen LogP contribution in [0.25, 0.3) is 10.9 Å². The van der Waals surface area contributed by atoms with Gasteiger partial charge in [0.25, 0.3) is 0 Å². The maximum absolute atomic E-state index is 11.9. The number of nitrogens with zero attached hydrogens (tertiary/aromatic N) is 3. The number of amides is 1. The minimum absolute atomic E-state index is 0.0141. The Bertz CT molecular complexity index is 762. The molecule has 1 N–H and O–H groups in total. The fraction of sp³-hybridized carbons (Fsp3) is 0.267. The van der Waals surface area contributed by atoms with Gasteiger partial charge in [0.15, 0.2) is 0 Å². The molecule has 0 aliphatic heterocycles. The summed E-state index contributed by atoms with van der Waals surface area (Å²) < 4.78 is 1.86. The van der Waals surface area contributed by atoms with Crippen LogP contribution in [0.4, 0.5) is 0 Å². The van der Waals surface area contributed by atoms with Gasteiger partial charge in [0.05, 0.1) is 35.5 Å². The van der Waals surface area contributed by atoms with Crippen molar-refractivity contribution >= 4 is 28.1 Å². The lowest BCUT2D eigenvalue weighted by molar-refractivity contribution is -0.121. The number of benzene rings is 1. The van der Waals surface area contributed by atoms with Crippen LogP contribution in [0.15, 0.2) is 35.8 Å². The van der Waals surface area contributed by atoms with Crippen LogP contribution in [0.5, 0.6) is 0 Å². The van der Waals surface area contributed by atoms with E-state index >= 15 is 0 Å². The number of carbonyl (C=O) groups excluding carboxylic acids is 1. The molecule has 0 spiro atoms. The molecule has 6 heteroatoms. The summed E-state index contributed by atoms with van der Waals surface area (Å²) in [6, 6.07) is 7.99. The third-order valence-electron chi connectivity index (χ3n) is 3.23. The normalized spacial score (nSPS) is 10.9. The first-order valence-electron chi connectivity index (χ1n) is 6.80. The van der Waals surface area contributed by atoms with Gasteiger partial charge in [-0.15, -0.1) is 11.3 Å². The summed E-state index contributed by atoms with van der Waals surface area (Å²) in [7, 11) is 0. The minimum Gasteiger partial charge on any atom is -0.350 e. The van der Waals surface area contributed by atoms with Crippen molar-refractivity contribution in [3.05, 3.63) is 46.5 Å². The van der Waals surface area contributed by atoms with Crippen LogP contribution in [-0.4, -0.2) is 20.7 Å². The molecule has 0 aliphatic rings. The fourth-order valence-corrected chi connectivity index (χ4v) is 2.79. The van der Waals surface area contributed by atoms with Crippen LogP contribution in [0.2, 0.25) is 0 Å². The van der Waals surface area contributed by atoms with Gasteiger partial charge in [-0.25, -0.2) is 4.98 Å². The summed E-state index contributed by atoms with van der Waals surface area (Å²) in [6.07, 6.45) is 2.24. The summed E-state index contributed by atoms with van der Waals surface area (Å²) in [5.74, 6) is 0.0141. The Morgan fingerprint density at radius 3 is 3.05 bits per heavy atom. The summed E-state index contributed by atoms with van der Waals surface area (Å²) in [5, 5.41) is 11.3. The molecule has 108 valence electrons. The van der Waals surface area contributed by atoms with Gasteiger partial charge in [0.1, 0.15) is 0 Å². The molecule has 3 rings (SSSR count). The first kappa shape index (κ1) is 13.8. The Morgan fingerprint density at radius 1 is 1.38 bits per heavy atom. The summed E-state index contributed by atoms with van der Waals surface area (Å²) >= 11 is 1.59. The van der Waals surface area contributed by atoms with Crippen LogP contribution in [0.1, 0.15) is 17.1 Å². The van der Waals surface area contributed by atoms with Gasteiger partial charge in [-0.3, -0.25) is 9.48 Å². The van der Waals surface area contributed by atoms with E-state index in [0.717, 1.165) is 21.6 Å². The molecule has 2 heterocycles. The molecular weight excluding hydrogens is 284 g/mol. The maximum Gasteiger partial charge on any atom is 0.222 e. The number of hydrogen-bond donors (Lipinski definition) is 1. The number of fused-ring (bicyclic) bond motifs is 1. The lowest BCUT2D eigenvalue weighted by Crippen LogP contribution is -2.24. The largest absolute Gasteiger partial charge is 0.350 e. The summed E-state index contributed by atoms with van der Waals surface area (Å²) in [4.78, 5) is 16.2. The number of thiazole rings is 1. The molecule has 21 heavy (non-hydrogen) atoms. The van der Waals surface area contributed by atoms with Crippen molar-refractivity contribution in [2.75, 3.05) is 0 Å². The standard InChI is InChI=1S/C15H16N4OS/c1-11-18-13(10-21-11)9-16-15(20)6-7-19-14-5-3-2-4-12(14)8-17-19/h2-5,8,10H,6-7,9H2,1H3,(H,16,20). The van der Waals surface area contributed by atoms with E-state index in [1.165, 1.54) is 0 Å². The average Bonchev–Trinajstić information content (AvgIpc) is 3.09. The Hall–Kier alpha value is -2.21. The van der Waals surface area contributed by atoms with E-state index in [4.69, 9.17) is 0 Å². The second-order valence-electron chi connectivity index (χ2n) is 4.81. The zero-order chi connectivity index (χ0) is 14.7. The minimum atomic E-state index is 0.0141. The van der Waals surface area contributed by atoms with E-state index in [2.05, 4.69) is 15.4 Å². The lowest BCUT2D eigenvalue weighted by Gasteiger charge is -2.05. The molecule has 0 fully saturated rings. The highest BCUT2D eigenvalue weighted by molar-refractivity contribution is 7.09. The van der Waals surface area contributed by atoms with E-state index in [1.54, 1.807) is 11.3 Å². The predicted octanol–water partition coefficient (Wildman–Crippen LogP) is 2.51. The van der Waals surface area contributed by atoms with E-state index in [1.807, 2.05) is 47.4 Å². The van der Waals surface area contributed by atoms with Crippen LogP contribution >= 0.6 is 11.3 Å². The highest BCUT2D eigenvalue weighted by atomic mass is 32.1. The van der Waals surface area contributed by atoms with Gasteiger partial charge in [-0.1, -0.05) is 18.2 Å². The number of rotatable bonds is 5. The summed E-state index contributed by atoms with van der Waals surface area (Å²) in [5.41, 5.74) is 1.97. The van der Waals surface area contributed by atoms with Crippen molar-refractivity contribution in [3.63, 3.8) is 0 Å². The molecule has 0 radical (unpaired) electrons.